The molecule has 1 atom stereocenters. The van der Waals surface area contributed by atoms with Gasteiger partial charge in [-0.1, -0.05) is 41.9 Å². The highest BCUT2D eigenvalue weighted by Gasteiger charge is 2.40. The molecule has 2 aromatic carbocycles. The number of ether oxygens (including phenoxy) is 1. The fourth-order valence-corrected chi connectivity index (χ4v) is 3.28. The van der Waals surface area contributed by atoms with Crippen LogP contribution in [0, 0.1) is 0 Å². The first kappa shape index (κ1) is 19.2. The van der Waals surface area contributed by atoms with Gasteiger partial charge in [-0.3, -0.25) is 9.59 Å². The Morgan fingerprint density at radius 1 is 1.22 bits per heavy atom. The molecule has 3 rings (SSSR count). The van der Waals surface area contributed by atoms with Crippen LogP contribution in [0.1, 0.15) is 38.8 Å². The minimum absolute atomic E-state index is 0.0998. The lowest BCUT2D eigenvalue weighted by atomic mass is 10.0. The number of anilines is 1. The molecule has 0 saturated heterocycles. The maximum absolute atomic E-state index is 12.8. The Labute approximate surface area is 164 Å². The molecule has 27 heavy (non-hydrogen) atoms. The zero-order valence-corrected chi connectivity index (χ0v) is 16.4. The van der Waals surface area contributed by atoms with Crippen LogP contribution < -0.4 is 15.0 Å². The first-order valence-corrected chi connectivity index (χ1v) is 9.30. The molecule has 1 aliphatic heterocycles. The van der Waals surface area contributed by atoms with Crippen molar-refractivity contribution < 1.29 is 14.3 Å². The molecule has 0 bridgehead atoms. The predicted octanol–water partition coefficient (Wildman–Crippen LogP) is 4.11. The maximum Gasteiger partial charge on any atom is 0.270 e. The number of nitrogens with one attached hydrogen (secondary N) is 1. The van der Waals surface area contributed by atoms with E-state index in [9.17, 15) is 9.59 Å². The Hall–Kier alpha value is -2.53. The number of amides is 2. The van der Waals surface area contributed by atoms with Gasteiger partial charge < -0.3 is 15.0 Å². The van der Waals surface area contributed by atoms with Crippen molar-refractivity contribution in [3.05, 3.63) is 59.1 Å². The molecule has 0 aliphatic carbocycles. The van der Waals surface area contributed by atoms with Crippen LogP contribution in [0.5, 0.6) is 5.75 Å². The lowest BCUT2D eigenvalue weighted by Crippen LogP contribution is -2.53. The van der Waals surface area contributed by atoms with Crippen molar-refractivity contribution in [2.45, 2.75) is 38.8 Å². The van der Waals surface area contributed by atoms with Crippen LogP contribution in [-0.2, 0) is 9.59 Å². The van der Waals surface area contributed by atoms with E-state index in [1.807, 2.05) is 37.3 Å². The summed E-state index contributed by atoms with van der Waals surface area (Å²) >= 11 is 6.09. The van der Waals surface area contributed by atoms with E-state index in [-0.39, 0.29) is 30.8 Å². The lowest BCUT2D eigenvalue weighted by Gasteiger charge is -2.38. The maximum atomic E-state index is 12.8. The Morgan fingerprint density at radius 2 is 1.93 bits per heavy atom. The number of halogens is 1. The molecule has 1 aliphatic rings. The number of nitrogens with zero attached hydrogens (tertiary/aromatic N) is 1. The quantitative estimate of drug-likeness (QED) is 0.841. The minimum Gasteiger partial charge on any atom is -0.476 e. The van der Waals surface area contributed by atoms with Crippen molar-refractivity contribution in [2.24, 2.45) is 0 Å². The van der Waals surface area contributed by atoms with Gasteiger partial charge in [-0.2, -0.15) is 0 Å². The summed E-state index contributed by atoms with van der Waals surface area (Å²) in [6.07, 6.45) is 0.185. The topological polar surface area (TPSA) is 58.6 Å². The third-order valence-corrected chi connectivity index (χ3v) is 4.81. The molecule has 0 aromatic heterocycles. The van der Waals surface area contributed by atoms with Crippen LogP contribution in [0.4, 0.5) is 5.69 Å². The second-order valence-electron chi connectivity index (χ2n) is 7.13. The van der Waals surface area contributed by atoms with E-state index in [1.165, 1.54) is 0 Å². The number of carbonyl (C=O) groups is 2. The first-order chi connectivity index (χ1) is 12.8. The zero-order chi connectivity index (χ0) is 19.6. The van der Waals surface area contributed by atoms with Gasteiger partial charge in [0.25, 0.3) is 5.91 Å². The summed E-state index contributed by atoms with van der Waals surface area (Å²) in [7, 11) is 0. The van der Waals surface area contributed by atoms with Crippen molar-refractivity contribution >= 4 is 29.1 Å². The lowest BCUT2D eigenvalue weighted by molar-refractivity contribution is -0.132. The minimum atomic E-state index is -0.991. The highest BCUT2D eigenvalue weighted by Crippen LogP contribution is 2.39. The molecule has 2 amide bonds. The van der Waals surface area contributed by atoms with E-state index in [0.29, 0.717) is 16.5 Å². The average Bonchev–Trinajstić information content (AvgIpc) is 2.63. The number of fused-ring (bicyclic) bond motifs is 1. The van der Waals surface area contributed by atoms with E-state index in [0.717, 1.165) is 5.56 Å². The van der Waals surface area contributed by atoms with Gasteiger partial charge in [0.2, 0.25) is 5.91 Å². The summed E-state index contributed by atoms with van der Waals surface area (Å²) in [5.41, 5.74) is 0.636. The molecule has 6 heteroatoms. The summed E-state index contributed by atoms with van der Waals surface area (Å²) in [6.45, 7) is 5.63. The number of hydrogen-bond donors (Lipinski definition) is 1. The normalized spacial score (nSPS) is 16.3. The molecule has 5 nitrogen and oxygen atoms in total. The van der Waals surface area contributed by atoms with Gasteiger partial charge in [-0.15, -0.1) is 0 Å². The molecular weight excluding hydrogens is 364 g/mol. The monoisotopic (exact) mass is 386 g/mol. The first-order valence-electron chi connectivity index (χ1n) is 8.93. The Balaban J connectivity index is 1.70. The van der Waals surface area contributed by atoms with Crippen LogP contribution in [0.15, 0.2) is 48.5 Å². The SMILES string of the molecule is CC(NC(=O)CCN1C(=O)C(C)(C)Oc2ccc(Cl)cc21)c1ccccc1. The highest BCUT2D eigenvalue weighted by molar-refractivity contribution is 6.31. The fourth-order valence-electron chi connectivity index (χ4n) is 3.11. The summed E-state index contributed by atoms with van der Waals surface area (Å²) in [5.74, 6) is 0.273. The fraction of sp³-hybridized carbons (Fsp3) is 0.333. The molecule has 0 spiro atoms. The molecule has 142 valence electrons. The number of carbonyl (C=O) groups excluding carboxylic acids is 2. The van der Waals surface area contributed by atoms with Crippen LogP contribution in [0.2, 0.25) is 5.02 Å². The molecule has 1 N–H and O–H groups in total. The largest absolute Gasteiger partial charge is 0.476 e. The van der Waals surface area contributed by atoms with Crippen molar-refractivity contribution in [3.63, 3.8) is 0 Å². The van der Waals surface area contributed by atoms with Gasteiger partial charge in [-0.05, 0) is 44.5 Å². The standard InChI is InChI=1S/C21H23ClN2O3/c1-14(15-7-5-4-6-8-15)23-19(25)11-12-24-17-13-16(22)9-10-18(17)27-21(2,3)20(24)26/h4-10,13-14H,11-12H2,1-3H3,(H,23,25). The van der Waals surface area contributed by atoms with E-state index >= 15 is 0 Å². The van der Waals surface area contributed by atoms with Crippen LogP contribution in [0.3, 0.4) is 0 Å². The zero-order valence-electron chi connectivity index (χ0n) is 15.7. The van der Waals surface area contributed by atoms with Gasteiger partial charge in [-0.25, -0.2) is 0 Å². The molecular formula is C21H23ClN2O3. The predicted molar refractivity (Wildman–Crippen MR) is 106 cm³/mol. The summed E-state index contributed by atoms with van der Waals surface area (Å²) < 4.78 is 5.80. The van der Waals surface area contributed by atoms with Crippen molar-refractivity contribution in [1.82, 2.24) is 5.32 Å². The van der Waals surface area contributed by atoms with Crippen LogP contribution in [0.25, 0.3) is 0 Å². The second-order valence-corrected chi connectivity index (χ2v) is 7.57. The summed E-state index contributed by atoms with van der Waals surface area (Å²) in [5, 5.41) is 3.48. The number of hydrogen-bond acceptors (Lipinski definition) is 3. The second kappa shape index (κ2) is 7.61. The summed E-state index contributed by atoms with van der Waals surface area (Å²) in [6, 6.07) is 14.8. The third kappa shape index (κ3) is 4.25. The highest BCUT2D eigenvalue weighted by atomic mass is 35.5. The van der Waals surface area contributed by atoms with Crippen molar-refractivity contribution in [1.29, 1.82) is 0 Å². The smallest absolute Gasteiger partial charge is 0.270 e. The molecule has 0 fully saturated rings. The van der Waals surface area contributed by atoms with E-state index in [2.05, 4.69) is 5.32 Å². The van der Waals surface area contributed by atoms with Gasteiger partial charge >= 0.3 is 0 Å². The van der Waals surface area contributed by atoms with Gasteiger partial charge in [0.1, 0.15) is 5.75 Å². The van der Waals surface area contributed by atoms with Crippen LogP contribution in [-0.4, -0.2) is 24.0 Å². The van der Waals surface area contributed by atoms with Gasteiger partial charge in [0.15, 0.2) is 5.60 Å². The number of rotatable bonds is 5. The molecule has 1 unspecified atom stereocenters. The molecule has 2 aromatic rings. The van der Waals surface area contributed by atoms with E-state index in [1.54, 1.807) is 36.9 Å². The van der Waals surface area contributed by atoms with Crippen LogP contribution >= 0.6 is 11.6 Å². The molecule has 0 saturated carbocycles. The van der Waals surface area contributed by atoms with Crippen molar-refractivity contribution in [2.75, 3.05) is 11.4 Å². The molecule has 0 radical (unpaired) electrons. The van der Waals surface area contributed by atoms with Gasteiger partial charge in [0, 0.05) is 18.0 Å². The number of benzene rings is 2. The van der Waals surface area contributed by atoms with Gasteiger partial charge in [0.05, 0.1) is 11.7 Å². The Bertz CT molecular complexity index is 852. The molecule has 1 heterocycles. The van der Waals surface area contributed by atoms with E-state index < -0.39 is 5.60 Å². The average molecular weight is 387 g/mol. The summed E-state index contributed by atoms with van der Waals surface area (Å²) in [4.78, 5) is 26.8. The third-order valence-electron chi connectivity index (χ3n) is 4.58. The van der Waals surface area contributed by atoms with Crippen molar-refractivity contribution in [3.8, 4) is 5.75 Å². The van der Waals surface area contributed by atoms with E-state index in [4.69, 9.17) is 16.3 Å². The Morgan fingerprint density at radius 3 is 2.63 bits per heavy atom. The Kier molecular flexibility index (Phi) is 5.42.